The van der Waals surface area contributed by atoms with Crippen LogP contribution in [0.1, 0.15) is 46.5 Å². The monoisotopic (exact) mass is 172 g/mol. The molecule has 0 N–H and O–H groups in total. The summed E-state index contributed by atoms with van der Waals surface area (Å²) in [5, 5.41) is 0. The molecule has 1 fully saturated rings. The van der Waals surface area contributed by atoms with E-state index < -0.39 is 0 Å². The molecular weight excluding hydrogens is 152 g/mol. The van der Waals surface area contributed by atoms with Crippen LogP contribution in [0.2, 0.25) is 0 Å². The van der Waals surface area contributed by atoms with Crippen LogP contribution in [-0.4, -0.2) is 12.2 Å². The minimum Gasteiger partial charge on any atom is -0.236 e. The summed E-state index contributed by atoms with van der Waals surface area (Å²) < 4.78 is 0. The Morgan fingerprint density at radius 3 is 2.58 bits per heavy atom. The largest absolute Gasteiger partial charge is 0.236 e. The summed E-state index contributed by atoms with van der Waals surface area (Å²) in [4.78, 5) is 10.2. The van der Waals surface area contributed by atoms with E-state index in [1.807, 2.05) is 0 Å². The molecule has 1 rings (SSSR count). The van der Waals surface area contributed by atoms with Gasteiger partial charge in [0.2, 0.25) is 0 Å². The van der Waals surface area contributed by atoms with E-state index in [1.165, 1.54) is 25.7 Å². The average molecular weight is 172 g/mol. The van der Waals surface area contributed by atoms with Gasteiger partial charge in [0.25, 0.3) is 0 Å². The molecule has 1 aliphatic heterocycles. The standard InChI is InChI=1S/C10H20O2/c1-4-5-6-7-9-8-11-12-10(9,2)3/h9H,4-8H2,1-3H3. The minimum absolute atomic E-state index is 0.0618. The Labute approximate surface area is 75.2 Å². The molecule has 1 saturated heterocycles. The minimum atomic E-state index is -0.0618. The van der Waals surface area contributed by atoms with Gasteiger partial charge in [0.05, 0.1) is 6.61 Å². The maximum atomic E-state index is 5.18. The normalized spacial score (nSPS) is 27.8. The first-order valence-corrected chi connectivity index (χ1v) is 4.97. The van der Waals surface area contributed by atoms with Crippen LogP contribution in [0.3, 0.4) is 0 Å². The SMILES string of the molecule is CCCCCC1COOC1(C)C. The van der Waals surface area contributed by atoms with Gasteiger partial charge >= 0.3 is 0 Å². The van der Waals surface area contributed by atoms with E-state index in [9.17, 15) is 0 Å². The van der Waals surface area contributed by atoms with Crippen LogP contribution in [0.5, 0.6) is 0 Å². The van der Waals surface area contributed by atoms with Gasteiger partial charge < -0.3 is 0 Å². The molecular formula is C10H20O2. The van der Waals surface area contributed by atoms with Gasteiger partial charge in [-0.2, -0.15) is 0 Å². The molecule has 12 heavy (non-hydrogen) atoms. The van der Waals surface area contributed by atoms with Crippen molar-refractivity contribution in [3.8, 4) is 0 Å². The van der Waals surface area contributed by atoms with Crippen LogP contribution < -0.4 is 0 Å². The summed E-state index contributed by atoms with van der Waals surface area (Å²) in [5.41, 5.74) is -0.0618. The molecule has 0 aromatic carbocycles. The van der Waals surface area contributed by atoms with E-state index in [1.54, 1.807) is 0 Å². The summed E-state index contributed by atoms with van der Waals surface area (Å²) in [6.45, 7) is 7.22. The van der Waals surface area contributed by atoms with Crippen LogP contribution in [0.15, 0.2) is 0 Å². The number of unbranched alkanes of at least 4 members (excludes halogenated alkanes) is 2. The molecule has 1 atom stereocenters. The maximum Gasteiger partial charge on any atom is 0.103 e. The average Bonchev–Trinajstić information content (AvgIpc) is 2.32. The van der Waals surface area contributed by atoms with Crippen LogP contribution in [0.4, 0.5) is 0 Å². The molecule has 0 aliphatic carbocycles. The molecule has 0 spiro atoms. The lowest BCUT2D eigenvalue weighted by molar-refractivity contribution is -0.300. The van der Waals surface area contributed by atoms with Crippen molar-refractivity contribution in [1.82, 2.24) is 0 Å². The molecule has 1 heterocycles. The Bertz CT molecular complexity index is 132. The third-order valence-corrected chi connectivity index (χ3v) is 2.68. The molecule has 0 amide bonds. The molecule has 0 saturated carbocycles. The fraction of sp³-hybridized carbons (Fsp3) is 1.00. The van der Waals surface area contributed by atoms with Crippen LogP contribution in [0, 0.1) is 5.92 Å². The van der Waals surface area contributed by atoms with Crippen molar-refractivity contribution in [2.24, 2.45) is 5.92 Å². The fourth-order valence-corrected chi connectivity index (χ4v) is 1.61. The molecule has 0 aromatic rings. The van der Waals surface area contributed by atoms with E-state index in [0.29, 0.717) is 5.92 Å². The summed E-state index contributed by atoms with van der Waals surface area (Å²) >= 11 is 0. The molecule has 0 radical (unpaired) electrons. The second-order valence-corrected chi connectivity index (χ2v) is 4.16. The van der Waals surface area contributed by atoms with E-state index in [4.69, 9.17) is 9.78 Å². The fourth-order valence-electron chi connectivity index (χ4n) is 1.61. The Kier molecular flexibility index (Phi) is 3.53. The van der Waals surface area contributed by atoms with Crippen molar-refractivity contribution >= 4 is 0 Å². The van der Waals surface area contributed by atoms with Crippen molar-refractivity contribution in [3.05, 3.63) is 0 Å². The highest BCUT2D eigenvalue weighted by Crippen LogP contribution is 2.32. The molecule has 2 heteroatoms. The summed E-state index contributed by atoms with van der Waals surface area (Å²) in [7, 11) is 0. The zero-order valence-electron chi connectivity index (χ0n) is 8.43. The lowest BCUT2D eigenvalue weighted by Gasteiger charge is -2.21. The highest BCUT2D eigenvalue weighted by molar-refractivity contribution is 4.80. The topological polar surface area (TPSA) is 18.5 Å². The van der Waals surface area contributed by atoms with Crippen molar-refractivity contribution in [3.63, 3.8) is 0 Å². The van der Waals surface area contributed by atoms with Gasteiger partial charge in [-0.3, -0.25) is 0 Å². The first kappa shape index (κ1) is 10.0. The maximum absolute atomic E-state index is 5.18. The number of rotatable bonds is 4. The highest BCUT2D eigenvalue weighted by Gasteiger charge is 2.37. The zero-order chi connectivity index (χ0) is 9.03. The predicted octanol–water partition coefficient (Wildman–Crippen LogP) is 2.92. The molecule has 1 unspecified atom stereocenters. The first-order valence-electron chi connectivity index (χ1n) is 4.97. The van der Waals surface area contributed by atoms with Gasteiger partial charge in [0, 0.05) is 5.92 Å². The molecule has 1 aliphatic rings. The Hall–Kier alpha value is -0.0800. The van der Waals surface area contributed by atoms with Crippen LogP contribution in [-0.2, 0) is 9.78 Å². The van der Waals surface area contributed by atoms with Gasteiger partial charge in [-0.25, -0.2) is 9.78 Å². The zero-order valence-corrected chi connectivity index (χ0v) is 8.43. The van der Waals surface area contributed by atoms with Crippen LogP contribution >= 0.6 is 0 Å². The van der Waals surface area contributed by atoms with Crippen molar-refractivity contribution in [2.75, 3.05) is 6.61 Å². The van der Waals surface area contributed by atoms with Gasteiger partial charge in [-0.05, 0) is 20.3 Å². The quantitative estimate of drug-likeness (QED) is 0.479. The number of hydrogen-bond donors (Lipinski definition) is 0. The Morgan fingerprint density at radius 1 is 1.33 bits per heavy atom. The second-order valence-electron chi connectivity index (χ2n) is 4.16. The van der Waals surface area contributed by atoms with Gasteiger partial charge in [0.1, 0.15) is 5.60 Å². The summed E-state index contributed by atoms with van der Waals surface area (Å²) in [6, 6.07) is 0. The van der Waals surface area contributed by atoms with E-state index in [-0.39, 0.29) is 5.60 Å². The molecule has 72 valence electrons. The van der Waals surface area contributed by atoms with Gasteiger partial charge in [0.15, 0.2) is 0 Å². The van der Waals surface area contributed by atoms with E-state index in [0.717, 1.165) is 6.61 Å². The lowest BCUT2D eigenvalue weighted by Crippen LogP contribution is -2.28. The Balaban J connectivity index is 2.22. The summed E-state index contributed by atoms with van der Waals surface area (Å²) in [6.07, 6.45) is 5.15. The number of hydrogen-bond acceptors (Lipinski definition) is 2. The van der Waals surface area contributed by atoms with Crippen molar-refractivity contribution in [2.45, 2.75) is 52.1 Å². The summed E-state index contributed by atoms with van der Waals surface area (Å²) in [5.74, 6) is 0.587. The van der Waals surface area contributed by atoms with Crippen molar-refractivity contribution in [1.29, 1.82) is 0 Å². The molecule has 2 nitrogen and oxygen atoms in total. The Morgan fingerprint density at radius 2 is 2.08 bits per heavy atom. The van der Waals surface area contributed by atoms with E-state index in [2.05, 4.69) is 20.8 Å². The van der Waals surface area contributed by atoms with Gasteiger partial charge in [-0.1, -0.05) is 26.2 Å². The smallest absolute Gasteiger partial charge is 0.103 e. The third-order valence-electron chi connectivity index (χ3n) is 2.68. The van der Waals surface area contributed by atoms with E-state index >= 15 is 0 Å². The highest BCUT2D eigenvalue weighted by atomic mass is 17.2. The van der Waals surface area contributed by atoms with Crippen LogP contribution in [0.25, 0.3) is 0 Å². The first-order chi connectivity index (χ1) is 5.67. The van der Waals surface area contributed by atoms with Gasteiger partial charge in [-0.15, -0.1) is 0 Å². The second kappa shape index (κ2) is 4.24. The predicted molar refractivity (Wildman–Crippen MR) is 48.7 cm³/mol. The lowest BCUT2D eigenvalue weighted by atomic mass is 9.88. The third kappa shape index (κ3) is 2.46. The molecule has 0 aromatic heterocycles. The molecule has 0 bridgehead atoms. The van der Waals surface area contributed by atoms with Crippen molar-refractivity contribution < 1.29 is 9.78 Å².